The zero-order chi connectivity index (χ0) is 15.9. The quantitative estimate of drug-likeness (QED) is 0.397. The van der Waals surface area contributed by atoms with E-state index in [4.69, 9.17) is 9.47 Å². The van der Waals surface area contributed by atoms with Crippen molar-refractivity contribution in [1.82, 2.24) is 0 Å². The van der Waals surface area contributed by atoms with E-state index in [2.05, 4.69) is 4.74 Å². The van der Waals surface area contributed by atoms with Gasteiger partial charge in [0.1, 0.15) is 11.7 Å². The van der Waals surface area contributed by atoms with Gasteiger partial charge < -0.3 is 24.1 Å². The van der Waals surface area contributed by atoms with Crippen molar-refractivity contribution in [2.45, 2.75) is 12.8 Å². The summed E-state index contributed by atoms with van der Waals surface area (Å²) < 4.78 is 39.7. The average molecular weight is 303 g/mol. The SMILES string of the molecule is CCOCOc1ccc(C(=O)OCC(F)(F)C(=O)[O-])cc1. The second kappa shape index (κ2) is 7.53. The minimum Gasteiger partial charge on any atom is -0.544 e. The number of carboxylic acid groups (broad SMARTS) is 1. The summed E-state index contributed by atoms with van der Waals surface area (Å²) in [4.78, 5) is 21.5. The zero-order valence-corrected chi connectivity index (χ0v) is 11.1. The predicted molar refractivity (Wildman–Crippen MR) is 63.8 cm³/mol. The van der Waals surface area contributed by atoms with Crippen molar-refractivity contribution in [1.29, 1.82) is 0 Å². The molecule has 0 aliphatic heterocycles. The molecule has 0 saturated heterocycles. The molecule has 1 aromatic rings. The Bertz CT molecular complexity index is 486. The highest BCUT2D eigenvalue weighted by Gasteiger charge is 2.33. The number of aliphatic carboxylic acids is 1. The van der Waals surface area contributed by atoms with Crippen LogP contribution in [0.4, 0.5) is 8.78 Å². The van der Waals surface area contributed by atoms with Crippen LogP contribution in [0.3, 0.4) is 0 Å². The molecule has 0 aliphatic rings. The molecule has 8 heteroatoms. The van der Waals surface area contributed by atoms with Gasteiger partial charge in [-0.25, -0.2) is 4.79 Å². The number of esters is 1. The molecule has 116 valence electrons. The van der Waals surface area contributed by atoms with Gasteiger partial charge in [-0.15, -0.1) is 0 Å². The molecule has 21 heavy (non-hydrogen) atoms. The number of carbonyl (C=O) groups excluding carboxylic acids is 2. The fourth-order valence-corrected chi connectivity index (χ4v) is 1.18. The van der Waals surface area contributed by atoms with Crippen molar-refractivity contribution in [2.75, 3.05) is 20.0 Å². The maximum atomic E-state index is 12.7. The first-order chi connectivity index (χ1) is 9.86. The lowest BCUT2D eigenvalue weighted by Crippen LogP contribution is -2.45. The second-order valence-electron chi connectivity index (χ2n) is 3.85. The van der Waals surface area contributed by atoms with E-state index in [1.807, 2.05) is 0 Å². The Morgan fingerprint density at radius 2 is 1.86 bits per heavy atom. The number of halogens is 2. The van der Waals surface area contributed by atoms with Crippen LogP contribution in [0.1, 0.15) is 17.3 Å². The Kier molecular flexibility index (Phi) is 6.04. The second-order valence-corrected chi connectivity index (χ2v) is 3.85. The minimum atomic E-state index is -4.23. The van der Waals surface area contributed by atoms with E-state index >= 15 is 0 Å². The predicted octanol–water partition coefficient (Wildman–Crippen LogP) is 0.601. The molecule has 0 bridgehead atoms. The van der Waals surface area contributed by atoms with Gasteiger partial charge in [0.25, 0.3) is 0 Å². The van der Waals surface area contributed by atoms with E-state index in [0.29, 0.717) is 12.4 Å². The molecule has 0 saturated carbocycles. The van der Waals surface area contributed by atoms with Gasteiger partial charge in [-0.2, -0.15) is 8.78 Å². The molecule has 0 radical (unpaired) electrons. The first kappa shape index (κ1) is 16.8. The van der Waals surface area contributed by atoms with E-state index in [0.717, 1.165) is 0 Å². The lowest BCUT2D eigenvalue weighted by molar-refractivity contribution is -0.331. The highest BCUT2D eigenvalue weighted by Crippen LogP contribution is 2.16. The molecule has 0 N–H and O–H groups in total. The molecule has 0 aliphatic carbocycles. The van der Waals surface area contributed by atoms with E-state index in [9.17, 15) is 23.5 Å². The molecule has 0 aromatic heterocycles. The number of hydrogen-bond acceptors (Lipinski definition) is 6. The molecule has 0 unspecified atom stereocenters. The number of hydrogen-bond donors (Lipinski definition) is 0. The van der Waals surface area contributed by atoms with Gasteiger partial charge in [-0.05, 0) is 31.2 Å². The van der Waals surface area contributed by atoms with Crippen LogP contribution in [0.15, 0.2) is 24.3 Å². The summed E-state index contributed by atoms with van der Waals surface area (Å²) in [6.07, 6.45) is 0. The van der Waals surface area contributed by atoms with Gasteiger partial charge >= 0.3 is 11.9 Å². The summed E-state index contributed by atoms with van der Waals surface area (Å²) in [5.41, 5.74) is -0.0205. The fraction of sp³-hybridized carbons (Fsp3) is 0.385. The first-order valence-corrected chi connectivity index (χ1v) is 5.94. The van der Waals surface area contributed by atoms with Crippen molar-refractivity contribution >= 4 is 11.9 Å². The smallest absolute Gasteiger partial charge is 0.338 e. The minimum absolute atomic E-state index is 0.0205. The number of alkyl halides is 2. The molecule has 0 fully saturated rings. The summed E-state index contributed by atoms with van der Waals surface area (Å²) in [5.74, 6) is -7.49. The van der Waals surface area contributed by atoms with E-state index in [1.165, 1.54) is 24.3 Å². The third-order valence-electron chi connectivity index (χ3n) is 2.29. The van der Waals surface area contributed by atoms with Crippen LogP contribution in [-0.2, 0) is 14.3 Å². The van der Waals surface area contributed by atoms with Crippen LogP contribution < -0.4 is 9.84 Å². The number of benzene rings is 1. The largest absolute Gasteiger partial charge is 0.544 e. The highest BCUT2D eigenvalue weighted by molar-refractivity contribution is 5.89. The fourth-order valence-electron chi connectivity index (χ4n) is 1.18. The molecule has 0 spiro atoms. The molecular weight excluding hydrogens is 290 g/mol. The Morgan fingerprint density at radius 3 is 2.38 bits per heavy atom. The number of carboxylic acids is 1. The normalized spacial score (nSPS) is 11.0. The van der Waals surface area contributed by atoms with E-state index in [-0.39, 0.29) is 12.4 Å². The van der Waals surface area contributed by atoms with Gasteiger partial charge in [0.15, 0.2) is 13.4 Å². The summed E-state index contributed by atoms with van der Waals surface area (Å²) in [7, 11) is 0. The van der Waals surface area contributed by atoms with Crippen LogP contribution >= 0.6 is 0 Å². The van der Waals surface area contributed by atoms with Gasteiger partial charge in [0, 0.05) is 6.61 Å². The highest BCUT2D eigenvalue weighted by atomic mass is 19.3. The molecule has 0 amide bonds. The lowest BCUT2D eigenvalue weighted by Gasteiger charge is -2.16. The molecule has 1 aromatic carbocycles. The monoisotopic (exact) mass is 303 g/mol. The lowest BCUT2D eigenvalue weighted by atomic mass is 10.2. The Morgan fingerprint density at radius 1 is 1.24 bits per heavy atom. The maximum Gasteiger partial charge on any atom is 0.338 e. The van der Waals surface area contributed by atoms with Crippen LogP contribution in [-0.4, -0.2) is 37.9 Å². The topological polar surface area (TPSA) is 84.9 Å². The third-order valence-corrected chi connectivity index (χ3v) is 2.29. The van der Waals surface area contributed by atoms with Crippen LogP contribution in [0, 0.1) is 0 Å². The van der Waals surface area contributed by atoms with Crippen molar-refractivity contribution in [3.63, 3.8) is 0 Å². The van der Waals surface area contributed by atoms with Gasteiger partial charge in [0.2, 0.25) is 0 Å². The van der Waals surface area contributed by atoms with Crippen molar-refractivity contribution in [2.24, 2.45) is 0 Å². The molecular formula is C13H13F2O6-. The molecule has 6 nitrogen and oxygen atoms in total. The zero-order valence-electron chi connectivity index (χ0n) is 11.1. The van der Waals surface area contributed by atoms with Gasteiger partial charge in [0.05, 0.1) is 5.56 Å². The summed E-state index contributed by atoms with van der Waals surface area (Å²) in [6.45, 7) is 0.733. The molecule has 1 rings (SSSR count). The summed E-state index contributed by atoms with van der Waals surface area (Å²) in [6, 6.07) is 5.43. The van der Waals surface area contributed by atoms with Crippen LogP contribution in [0.2, 0.25) is 0 Å². The van der Waals surface area contributed by atoms with E-state index < -0.39 is 24.5 Å². The van der Waals surface area contributed by atoms with Crippen molar-refractivity contribution in [3.05, 3.63) is 29.8 Å². The van der Waals surface area contributed by atoms with Crippen molar-refractivity contribution in [3.8, 4) is 5.75 Å². The number of rotatable bonds is 8. The van der Waals surface area contributed by atoms with E-state index in [1.54, 1.807) is 6.92 Å². The van der Waals surface area contributed by atoms with Gasteiger partial charge in [-0.1, -0.05) is 0 Å². The Labute approximate surface area is 119 Å². The Hall–Kier alpha value is -2.22. The summed E-state index contributed by atoms with van der Waals surface area (Å²) >= 11 is 0. The first-order valence-electron chi connectivity index (χ1n) is 5.94. The molecule has 0 atom stereocenters. The van der Waals surface area contributed by atoms with Gasteiger partial charge in [-0.3, -0.25) is 0 Å². The Balaban J connectivity index is 2.53. The van der Waals surface area contributed by atoms with Crippen LogP contribution in [0.5, 0.6) is 5.75 Å². The number of ether oxygens (including phenoxy) is 3. The third kappa shape index (κ3) is 5.35. The van der Waals surface area contributed by atoms with Crippen molar-refractivity contribution < 1.29 is 37.7 Å². The standard InChI is InChI=1S/C13H14F2O6/c1-2-19-8-21-10-5-3-9(4-6-10)11(16)20-7-13(14,15)12(17)18/h3-6H,2,7-8H2,1H3,(H,17,18)/p-1. The maximum absolute atomic E-state index is 12.7. The number of carbonyl (C=O) groups is 2. The summed E-state index contributed by atoms with van der Waals surface area (Å²) in [5, 5.41) is 10.1. The van der Waals surface area contributed by atoms with Crippen LogP contribution in [0.25, 0.3) is 0 Å². The molecule has 0 heterocycles. The average Bonchev–Trinajstić information content (AvgIpc) is 2.45.